The van der Waals surface area contributed by atoms with E-state index in [1.807, 2.05) is 7.05 Å². The van der Waals surface area contributed by atoms with Gasteiger partial charge in [0.15, 0.2) is 0 Å². The van der Waals surface area contributed by atoms with Crippen LogP contribution in [0.1, 0.15) is 39.0 Å². The van der Waals surface area contributed by atoms with Gasteiger partial charge in [0.25, 0.3) is 0 Å². The number of hydrogen-bond acceptors (Lipinski definition) is 6. The van der Waals surface area contributed by atoms with Crippen LogP contribution in [0.3, 0.4) is 0 Å². The van der Waals surface area contributed by atoms with Crippen molar-refractivity contribution in [2.24, 2.45) is 13.0 Å². The summed E-state index contributed by atoms with van der Waals surface area (Å²) >= 11 is 1.67. The lowest BCUT2D eigenvalue weighted by molar-refractivity contribution is 0.311. The van der Waals surface area contributed by atoms with E-state index in [1.165, 1.54) is 0 Å². The number of tetrazole rings is 1. The Labute approximate surface area is 124 Å². The first-order chi connectivity index (χ1) is 9.72. The lowest BCUT2D eigenvalue weighted by Gasteiger charge is -2.29. The quantitative estimate of drug-likeness (QED) is 0.772. The minimum absolute atomic E-state index is 0.311. The molecule has 1 fully saturated rings. The number of aryl methyl sites for hydroxylation is 1. The lowest BCUT2D eigenvalue weighted by Crippen LogP contribution is -2.47. The predicted molar refractivity (Wildman–Crippen MR) is 78.1 cm³/mol. The van der Waals surface area contributed by atoms with Gasteiger partial charge in [-0.15, -0.1) is 5.10 Å². The maximum Gasteiger partial charge on any atom is 0.209 e. The van der Waals surface area contributed by atoms with Crippen LogP contribution < -0.4 is 5.32 Å². The van der Waals surface area contributed by atoms with Crippen LogP contribution >= 0.6 is 11.8 Å². The van der Waals surface area contributed by atoms with E-state index in [4.69, 9.17) is 0 Å². The topological polar surface area (TPSA) is 79.4 Å². The molecule has 6 nitrogen and oxygen atoms in total. The Hall–Kier alpha value is -1.13. The van der Waals surface area contributed by atoms with Crippen molar-refractivity contribution in [3.8, 4) is 6.07 Å². The SMILES string of the molecule is CCCNC1(C#N)CCCC1CCSc1nnnn1C. The first kappa shape index (κ1) is 15.3. The second kappa shape index (κ2) is 7.04. The summed E-state index contributed by atoms with van der Waals surface area (Å²) in [5.74, 6) is 1.39. The number of rotatable bonds is 7. The minimum Gasteiger partial charge on any atom is -0.299 e. The fourth-order valence-electron chi connectivity index (χ4n) is 2.87. The number of nitrogens with one attached hydrogen (secondary N) is 1. The number of thioether (sulfide) groups is 1. The molecule has 0 amide bonds. The smallest absolute Gasteiger partial charge is 0.209 e. The van der Waals surface area contributed by atoms with E-state index in [2.05, 4.69) is 33.8 Å². The molecule has 1 aromatic rings. The van der Waals surface area contributed by atoms with Gasteiger partial charge in [-0.3, -0.25) is 5.32 Å². The summed E-state index contributed by atoms with van der Waals surface area (Å²) in [7, 11) is 1.85. The summed E-state index contributed by atoms with van der Waals surface area (Å²) in [6.45, 7) is 3.06. The van der Waals surface area contributed by atoms with Gasteiger partial charge in [-0.25, -0.2) is 4.68 Å². The predicted octanol–water partition coefficient (Wildman–Crippen LogP) is 1.75. The van der Waals surface area contributed by atoms with Crippen LogP contribution in [-0.4, -0.2) is 38.0 Å². The van der Waals surface area contributed by atoms with Crippen molar-refractivity contribution >= 4 is 11.8 Å². The molecule has 1 N–H and O–H groups in total. The average molecular weight is 294 g/mol. The van der Waals surface area contributed by atoms with Crippen LogP contribution in [-0.2, 0) is 7.05 Å². The van der Waals surface area contributed by atoms with Crippen LogP contribution in [0.4, 0.5) is 0 Å². The third-order valence-corrected chi connectivity index (χ3v) is 5.03. The van der Waals surface area contributed by atoms with Crippen molar-refractivity contribution in [1.82, 2.24) is 25.5 Å². The summed E-state index contributed by atoms with van der Waals surface area (Å²) in [4.78, 5) is 0. The Kier molecular flexibility index (Phi) is 5.38. The fraction of sp³-hybridized carbons (Fsp3) is 0.846. The maximum atomic E-state index is 9.59. The molecule has 0 bridgehead atoms. The maximum absolute atomic E-state index is 9.59. The molecule has 0 aliphatic heterocycles. The molecule has 7 heteroatoms. The third kappa shape index (κ3) is 3.30. The molecule has 20 heavy (non-hydrogen) atoms. The largest absolute Gasteiger partial charge is 0.299 e. The van der Waals surface area contributed by atoms with Gasteiger partial charge in [-0.1, -0.05) is 25.1 Å². The van der Waals surface area contributed by atoms with E-state index < -0.39 is 0 Å². The Morgan fingerprint density at radius 3 is 3.10 bits per heavy atom. The Morgan fingerprint density at radius 1 is 1.60 bits per heavy atom. The molecule has 0 saturated heterocycles. The zero-order chi connectivity index (χ0) is 14.4. The first-order valence-corrected chi connectivity index (χ1v) is 8.22. The van der Waals surface area contributed by atoms with E-state index in [1.54, 1.807) is 16.4 Å². The van der Waals surface area contributed by atoms with Gasteiger partial charge in [0.05, 0.1) is 6.07 Å². The summed E-state index contributed by atoms with van der Waals surface area (Å²) in [6.07, 6.45) is 5.36. The minimum atomic E-state index is -0.311. The van der Waals surface area contributed by atoms with Crippen molar-refractivity contribution < 1.29 is 0 Å². The second-order valence-corrected chi connectivity index (χ2v) is 6.38. The first-order valence-electron chi connectivity index (χ1n) is 7.23. The van der Waals surface area contributed by atoms with E-state index >= 15 is 0 Å². The van der Waals surface area contributed by atoms with E-state index in [-0.39, 0.29) is 5.54 Å². The number of nitrogens with zero attached hydrogens (tertiary/aromatic N) is 5. The highest BCUT2D eigenvalue weighted by molar-refractivity contribution is 7.99. The Morgan fingerprint density at radius 2 is 2.45 bits per heavy atom. The molecule has 0 radical (unpaired) electrons. The van der Waals surface area contributed by atoms with Crippen molar-refractivity contribution in [3.63, 3.8) is 0 Å². The van der Waals surface area contributed by atoms with Gasteiger partial charge in [0.1, 0.15) is 5.54 Å². The average Bonchev–Trinajstić information content (AvgIpc) is 3.04. The number of aromatic nitrogens is 4. The van der Waals surface area contributed by atoms with Gasteiger partial charge in [0.2, 0.25) is 5.16 Å². The molecule has 0 spiro atoms. The lowest BCUT2D eigenvalue weighted by atomic mass is 9.86. The zero-order valence-electron chi connectivity index (χ0n) is 12.2. The van der Waals surface area contributed by atoms with E-state index in [9.17, 15) is 5.26 Å². The summed E-state index contributed by atoms with van der Waals surface area (Å²) in [5, 5.41) is 25.3. The van der Waals surface area contributed by atoms with Crippen LogP contribution in [0.5, 0.6) is 0 Å². The van der Waals surface area contributed by atoms with Crippen molar-refractivity contribution in [2.75, 3.05) is 12.3 Å². The molecular formula is C13H22N6S. The Bertz CT molecular complexity index is 468. The zero-order valence-corrected chi connectivity index (χ0v) is 13.0. The highest BCUT2D eigenvalue weighted by Gasteiger charge is 2.42. The van der Waals surface area contributed by atoms with Crippen LogP contribution in [0.2, 0.25) is 0 Å². The summed E-state index contributed by atoms with van der Waals surface area (Å²) in [6, 6.07) is 2.55. The van der Waals surface area contributed by atoms with Gasteiger partial charge in [-0.05, 0) is 48.6 Å². The second-order valence-electron chi connectivity index (χ2n) is 5.32. The molecule has 1 aliphatic rings. The van der Waals surface area contributed by atoms with Gasteiger partial charge >= 0.3 is 0 Å². The molecule has 110 valence electrons. The van der Waals surface area contributed by atoms with Gasteiger partial charge in [0, 0.05) is 12.8 Å². The van der Waals surface area contributed by atoms with Crippen LogP contribution in [0, 0.1) is 17.2 Å². The molecule has 1 aromatic heterocycles. The number of nitriles is 1. The van der Waals surface area contributed by atoms with E-state index in [0.29, 0.717) is 5.92 Å². The van der Waals surface area contributed by atoms with Crippen LogP contribution in [0.25, 0.3) is 0 Å². The molecular weight excluding hydrogens is 272 g/mol. The monoisotopic (exact) mass is 294 g/mol. The van der Waals surface area contributed by atoms with Crippen molar-refractivity contribution in [1.29, 1.82) is 5.26 Å². The highest BCUT2D eigenvalue weighted by atomic mass is 32.2. The van der Waals surface area contributed by atoms with Crippen molar-refractivity contribution in [3.05, 3.63) is 0 Å². The number of hydrogen-bond donors (Lipinski definition) is 1. The molecule has 0 aromatic carbocycles. The molecule has 2 atom stereocenters. The normalized spacial score (nSPS) is 25.8. The highest BCUT2D eigenvalue weighted by Crippen LogP contribution is 2.38. The third-order valence-electron chi connectivity index (χ3n) is 3.99. The Balaban J connectivity index is 1.87. The molecule has 1 saturated carbocycles. The van der Waals surface area contributed by atoms with Gasteiger partial charge in [-0.2, -0.15) is 5.26 Å². The molecule has 2 rings (SSSR count). The standard InChI is InChI=1S/C13H22N6S/c1-3-8-15-13(10-14)7-4-5-11(13)6-9-20-12-16-17-18-19(12)2/h11,15H,3-9H2,1-2H3. The van der Waals surface area contributed by atoms with E-state index in [0.717, 1.165) is 49.6 Å². The summed E-state index contributed by atoms with van der Waals surface area (Å²) in [5.41, 5.74) is -0.311. The molecule has 1 heterocycles. The molecule has 1 aliphatic carbocycles. The summed E-state index contributed by atoms with van der Waals surface area (Å²) < 4.78 is 1.69. The van der Waals surface area contributed by atoms with Crippen molar-refractivity contribution in [2.45, 2.75) is 49.7 Å². The molecule has 2 unspecified atom stereocenters. The van der Waals surface area contributed by atoms with Crippen LogP contribution in [0.15, 0.2) is 5.16 Å². The fourth-order valence-corrected chi connectivity index (χ4v) is 3.77. The van der Waals surface area contributed by atoms with Gasteiger partial charge < -0.3 is 0 Å².